The fourth-order valence-corrected chi connectivity index (χ4v) is 2.62. The fraction of sp³-hybridized carbons (Fsp3) is 0.0625. The molecule has 4 heteroatoms. The van der Waals surface area contributed by atoms with Crippen LogP contribution in [0.5, 0.6) is 5.75 Å². The number of halogens is 1. The minimum Gasteiger partial charge on any atom is -0.496 e. The summed E-state index contributed by atoms with van der Waals surface area (Å²) < 4.78 is 6.13. The van der Waals surface area contributed by atoms with Crippen LogP contribution in [0.1, 0.15) is 15.9 Å². The summed E-state index contributed by atoms with van der Waals surface area (Å²) in [4.78, 5) is 15.9. The Morgan fingerprint density at radius 1 is 1.15 bits per heavy atom. The molecule has 1 aromatic heterocycles. The molecule has 0 atom stereocenters. The first-order valence-electron chi connectivity index (χ1n) is 6.15. The molecule has 20 heavy (non-hydrogen) atoms. The number of ether oxygens (including phenoxy) is 1. The normalized spacial score (nSPS) is 10.7. The van der Waals surface area contributed by atoms with Crippen molar-refractivity contribution >= 4 is 32.6 Å². The maximum Gasteiger partial charge on any atom is 0.198 e. The molecule has 0 bridgehead atoms. The van der Waals surface area contributed by atoms with Crippen LogP contribution in [0.4, 0.5) is 0 Å². The van der Waals surface area contributed by atoms with Gasteiger partial charge < -0.3 is 9.72 Å². The Morgan fingerprint density at radius 3 is 2.75 bits per heavy atom. The van der Waals surface area contributed by atoms with E-state index in [4.69, 9.17) is 4.74 Å². The van der Waals surface area contributed by atoms with Crippen molar-refractivity contribution in [2.45, 2.75) is 0 Å². The summed E-state index contributed by atoms with van der Waals surface area (Å²) in [6, 6.07) is 13.2. The van der Waals surface area contributed by atoms with Gasteiger partial charge in [0.25, 0.3) is 0 Å². The van der Waals surface area contributed by atoms with E-state index >= 15 is 0 Å². The lowest BCUT2D eigenvalue weighted by atomic mass is 10.0. The predicted molar refractivity (Wildman–Crippen MR) is 82.4 cm³/mol. The van der Waals surface area contributed by atoms with Gasteiger partial charge >= 0.3 is 0 Å². The number of rotatable bonds is 3. The van der Waals surface area contributed by atoms with Crippen molar-refractivity contribution < 1.29 is 9.53 Å². The molecule has 1 heterocycles. The van der Waals surface area contributed by atoms with E-state index in [1.165, 1.54) is 0 Å². The summed E-state index contributed by atoms with van der Waals surface area (Å²) in [6.45, 7) is 0. The van der Waals surface area contributed by atoms with E-state index in [0.717, 1.165) is 15.4 Å². The second-order valence-corrected chi connectivity index (χ2v) is 5.34. The van der Waals surface area contributed by atoms with Gasteiger partial charge in [-0.15, -0.1) is 0 Å². The van der Waals surface area contributed by atoms with Crippen molar-refractivity contribution in [1.82, 2.24) is 4.98 Å². The van der Waals surface area contributed by atoms with Crippen LogP contribution >= 0.6 is 15.9 Å². The highest BCUT2D eigenvalue weighted by Gasteiger charge is 2.18. The molecule has 0 amide bonds. The third kappa shape index (κ3) is 2.12. The Morgan fingerprint density at radius 2 is 1.95 bits per heavy atom. The molecule has 3 aromatic rings. The summed E-state index contributed by atoms with van der Waals surface area (Å²) in [6.07, 6.45) is 1.74. The maximum atomic E-state index is 12.7. The number of carbonyl (C=O) groups is 1. The van der Waals surface area contributed by atoms with E-state index in [0.29, 0.717) is 16.9 Å². The number of carbonyl (C=O) groups excluding carboxylic acids is 1. The van der Waals surface area contributed by atoms with Gasteiger partial charge in [-0.1, -0.05) is 34.1 Å². The largest absolute Gasteiger partial charge is 0.496 e. The molecule has 0 aliphatic carbocycles. The Hall–Kier alpha value is -2.07. The van der Waals surface area contributed by atoms with Crippen LogP contribution in [-0.4, -0.2) is 17.9 Å². The molecule has 2 aromatic carbocycles. The van der Waals surface area contributed by atoms with Crippen molar-refractivity contribution in [1.29, 1.82) is 0 Å². The maximum absolute atomic E-state index is 12.7. The molecule has 0 spiro atoms. The van der Waals surface area contributed by atoms with E-state index in [1.807, 2.05) is 30.3 Å². The first-order chi connectivity index (χ1) is 9.70. The Labute approximate surface area is 124 Å². The lowest BCUT2D eigenvalue weighted by Gasteiger charge is -2.07. The van der Waals surface area contributed by atoms with Crippen molar-refractivity contribution in [2.75, 3.05) is 7.11 Å². The minimum atomic E-state index is -0.0550. The zero-order chi connectivity index (χ0) is 14.1. The number of hydrogen-bond acceptors (Lipinski definition) is 2. The Balaban J connectivity index is 2.15. The van der Waals surface area contributed by atoms with E-state index in [-0.39, 0.29) is 5.78 Å². The Kier molecular flexibility index (Phi) is 3.32. The minimum absolute atomic E-state index is 0.0550. The van der Waals surface area contributed by atoms with Crippen LogP contribution in [-0.2, 0) is 0 Å². The van der Waals surface area contributed by atoms with Crippen molar-refractivity contribution in [3.63, 3.8) is 0 Å². The first-order valence-corrected chi connectivity index (χ1v) is 6.94. The monoisotopic (exact) mass is 329 g/mol. The van der Waals surface area contributed by atoms with Crippen molar-refractivity contribution in [3.05, 3.63) is 64.3 Å². The van der Waals surface area contributed by atoms with Crippen molar-refractivity contribution in [3.8, 4) is 5.75 Å². The molecule has 0 radical (unpaired) electrons. The molecule has 100 valence electrons. The van der Waals surface area contributed by atoms with Gasteiger partial charge in [-0.2, -0.15) is 0 Å². The van der Waals surface area contributed by atoms with Gasteiger partial charge in [-0.25, -0.2) is 0 Å². The number of ketones is 1. The van der Waals surface area contributed by atoms with Crippen LogP contribution in [0.15, 0.2) is 53.1 Å². The highest BCUT2D eigenvalue weighted by Crippen LogP contribution is 2.28. The number of methoxy groups -OCH3 is 1. The number of para-hydroxylation sites is 1. The van der Waals surface area contributed by atoms with Crippen LogP contribution in [0.3, 0.4) is 0 Å². The molecule has 0 aliphatic rings. The van der Waals surface area contributed by atoms with Gasteiger partial charge in [0.1, 0.15) is 5.75 Å². The molecule has 0 aliphatic heterocycles. The lowest BCUT2D eigenvalue weighted by molar-refractivity contribution is 0.103. The number of nitrogens with one attached hydrogen (secondary N) is 1. The smallest absolute Gasteiger partial charge is 0.198 e. The zero-order valence-electron chi connectivity index (χ0n) is 10.8. The van der Waals surface area contributed by atoms with Crippen LogP contribution < -0.4 is 4.74 Å². The standard InChI is InChI=1S/C16H12BrNO2/c1-20-15-7-6-10(17)8-12(15)16(19)13-9-18-14-5-3-2-4-11(13)14/h2-9,18H,1H3. The number of hydrogen-bond donors (Lipinski definition) is 1. The zero-order valence-corrected chi connectivity index (χ0v) is 12.4. The SMILES string of the molecule is COc1ccc(Br)cc1C(=O)c1c[nH]c2ccccc12. The summed E-state index contributed by atoms with van der Waals surface area (Å²) in [7, 11) is 1.56. The molecular weight excluding hydrogens is 318 g/mol. The molecule has 3 rings (SSSR count). The van der Waals surface area contributed by atoms with E-state index in [9.17, 15) is 4.79 Å². The van der Waals surface area contributed by atoms with E-state index in [2.05, 4.69) is 20.9 Å². The third-order valence-electron chi connectivity index (χ3n) is 3.24. The third-order valence-corrected chi connectivity index (χ3v) is 3.73. The van der Waals surface area contributed by atoms with Gasteiger partial charge in [0.05, 0.1) is 12.7 Å². The van der Waals surface area contributed by atoms with Gasteiger partial charge in [0.15, 0.2) is 5.78 Å². The van der Waals surface area contributed by atoms with E-state index in [1.54, 1.807) is 25.4 Å². The highest BCUT2D eigenvalue weighted by atomic mass is 79.9. The van der Waals surface area contributed by atoms with Crippen LogP contribution in [0.25, 0.3) is 10.9 Å². The quantitative estimate of drug-likeness (QED) is 0.733. The topological polar surface area (TPSA) is 42.1 Å². The van der Waals surface area contributed by atoms with E-state index < -0.39 is 0 Å². The summed E-state index contributed by atoms with van der Waals surface area (Å²) in [5.74, 6) is 0.518. The van der Waals surface area contributed by atoms with Gasteiger partial charge in [0.2, 0.25) is 0 Å². The Bertz CT molecular complexity index is 792. The average Bonchev–Trinajstić information content (AvgIpc) is 2.90. The predicted octanol–water partition coefficient (Wildman–Crippen LogP) is 4.17. The fourth-order valence-electron chi connectivity index (χ4n) is 2.26. The number of fused-ring (bicyclic) bond motifs is 1. The van der Waals surface area contributed by atoms with Crippen LogP contribution in [0.2, 0.25) is 0 Å². The van der Waals surface area contributed by atoms with Gasteiger partial charge in [0, 0.05) is 27.1 Å². The molecule has 0 saturated carbocycles. The molecule has 0 saturated heterocycles. The summed E-state index contributed by atoms with van der Waals surface area (Å²) in [5, 5.41) is 0.916. The second-order valence-electron chi connectivity index (χ2n) is 4.42. The highest BCUT2D eigenvalue weighted by molar-refractivity contribution is 9.10. The second kappa shape index (κ2) is 5.13. The first kappa shape index (κ1) is 12.9. The summed E-state index contributed by atoms with van der Waals surface area (Å²) in [5.41, 5.74) is 2.15. The molecule has 0 unspecified atom stereocenters. The number of benzene rings is 2. The number of H-pyrrole nitrogens is 1. The number of aromatic amines is 1. The molecule has 3 nitrogen and oxygen atoms in total. The average molecular weight is 330 g/mol. The van der Waals surface area contributed by atoms with Crippen LogP contribution in [0, 0.1) is 0 Å². The molecule has 0 fully saturated rings. The lowest BCUT2D eigenvalue weighted by Crippen LogP contribution is -2.03. The van der Waals surface area contributed by atoms with Gasteiger partial charge in [-0.05, 0) is 24.3 Å². The summed E-state index contributed by atoms with van der Waals surface area (Å²) >= 11 is 3.39. The molecular formula is C16H12BrNO2. The molecule has 1 N–H and O–H groups in total. The van der Waals surface area contributed by atoms with Crippen molar-refractivity contribution in [2.24, 2.45) is 0 Å². The van der Waals surface area contributed by atoms with Gasteiger partial charge in [-0.3, -0.25) is 4.79 Å². The number of aromatic nitrogens is 1.